The third-order valence-corrected chi connectivity index (χ3v) is 9.61. The number of hydrogen-bond donors (Lipinski definition) is 0. The van der Waals surface area contributed by atoms with E-state index in [1.165, 1.54) is 0 Å². The molecule has 2 fully saturated rings. The maximum absolute atomic E-state index is 14.7. The van der Waals surface area contributed by atoms with Gasteiger partial charge in [-0.1, -0.05) is 108 Å². The Morgan fingerprint density at radius 3 is 1.69 bits per heavy atom. The summed E-state index contributed by atoms with van der Waals surface area (Å²) in [5.41, 5.74) is 3.02. The molecule has 4 heteroatoms. The van der Waals surface area contributed by atoms with Crippen molar-refractivity contribution < 1.29 is 21.6 Å². The average Bonchev–Trinajstić information content (AvgIpc) is 3.55. The first-order chi connectivity index (χ1) is 15.2. The van der Waals surface area contributed by atoms with E-state index >= 15 is 0 Å². The fourth-order valence-corrected chi connectivity index (χ4v) is 7.95. The van der Waals surface area contributed by atoms with Crippen LogP contribution in [0.4, 0.5) is 0 Å². The predicted molar refractivity (Wildman–Crippen MR) is 140 cm³/mol. The van der Waals surface area contributed by atoms with Crippen molar-refractivity contribution in [1.82, 2.24) is 0 Å². The topological polar surface area (TPSA) is 17.1 Å². The summed E-state index contributed by atoms with van der Waals surface area (Å²) >= 11 is 2.29. The number of benzene rings is 3. The van der Waals surface area contributed by atoms with E-state index in [4.69, 9.17) is 0 Å². The van der Waals surface area contributed by atoms with Crippen molar-refractivity contribution >= 4 is 40.3 Å². The zero-order valence-electron chi connectivity index (χ0n) is 17.3. The molecule has 1 nitrogen and oxygen atoms in total. The molecule has 5 rings (SSSR count). The second kappa shape index (κ2) is 12.6. The number of hydrogen-bond acceptors (Lipinski definition) is 1. The van der Waals surface area contributed by atoms with Crippen LogP contribution in [0.1, 0.15) is 0 Å². The molecule has 10 radical (unpaired) electrons. The molecular weight excluding hydrogens is 566 g/mol. The predicted octanol–water partition coefficient (Wildman–Crippen LogP) is 6.81. The minimum Gasteiger partial charge on any atom is -0.313 e. The summed E-state index contributed by atoms with van der Waals surface area (Å²) < 4.78 is 15.7. The third-order valence-electron chi connectivity index (χ3n) is 5.08. The van der Waals surface area contributed by atoms with Gasteiger partial charge in [0.2, 0.25) is 0 Å². The standard InChI is InChI=1S/C23H17IOP.C5H5.Fe/c24-21-15-9-17-23(21)26(25,19-12-5-2-6-13-19)22-16-8-7-14-20(22)18-10-3-1-4-11-18;1-2-4-5-3-1;/h1-17H;1-5H;/q;;+2/t26-;;/m1../s1. The molecule has 0 heterocycles. The Morgan fingerprint density at radius 2 is 1.12 bits per heavy atom. The molecular formula is C28H22FeIOP+2. The normalized spacial score (nSPS) is 18.3. The number of rotatable bonds is 4. The monoisotopic (exact) mass is 588 g/mol. The van der Waals surface area contributed by atoms with Gasteiger partial charge >= 0.3 is 17.1 Å². The molecule has 3 aromatic carbocycles. The SMILES string of the molecule is O=[P@]([C]1[CH][CH][CH][C]1I)(c1ccccc1)c1ccccc1-c1ccccc1.[CH]1[CH][CH][CH][CH]1.[Fe+2]. The van der Waals surface area contributed by atoms with E-state index in [1.54, 1.807) is 0 Å². The van der Waals surface area contributed by atoms with Crippen LogP contribution in [0.2, 0.25) is 0 Å². The van der Waals surface area contributed by atoms with Crippen LogP contribution in [0, 0.1) is 61.0 Å². The largest absolute Gasteiger partial charge is 2.00 e. The average molecular weight is 588 g/mol. The Labute approximate surface area is 217 Å². The van der Waals surface area contributed by atoms with E-state index in [0.29, 0.717) is 0 Å². The van der Waals surface area contributed by atoms with Crippen molar-refractivity contribution in [3.05, 3.63) is 146 Å². The quantitative estimate of drug-likeness (QED) is 0.186. The van der Waals surface area contributed by atoms with E-state index in [2.05, 4.69) is 40.8 Å². The Kier molecular flexibility index (Phi) is 10.1. The Morgan fingerprint density at radius 1 is 0.594 bits per heavy atom. The molecule has 0 aliphatic heterocycles. The smallest absolute Gasteiger partial charge is 0.313 e. The van der Waals surface area contributed by atoms with Crippen molar-refractivity contribution in [3.8, 4) is 11.1 Å². The van der Waals surface area contributed by atoms with Gasteiger partial charge in [0.1, 0.15) is 0 Å². The molecule has 0 saturated heterocycles. The van der Waals surface area contributed by atoms with Crippen LogP contribution in [-0.2, 0) is 21.6 Å². The van der Waals surface area contributed by atoms with E-state index in [0.717, 1.165) is 31.3 Å². The van der Waals surface area contributed by atoms with Gasteiger partial charge in [0.05, 0.1) is 9.58 Å². The second-order valence-corrected chi connectivity index (χ2v) is 10.9. The van der Waals surface area contributed by atoms with Crippen molar-refractivity contribution in [1.29, 1.82) is 0 Å². The zero-order chi connectivity index (χ0) is 21.5. The summed E-state index contributed by atoms with van der Waals surface area (Å²) in [6.07, 6.45) is 16.0. The second-order valence-electron chi connectivity index (χ2n) is 7.05. The summed E-state index contributed by atoms with van der Waals surface area (Å²) in [7, 11) is -2.98. The molecule has 1 atom stereocenters. The summed E-state index contributed by atoms with van der Waals surface area (Å²) in [6.45, 7) is 0. The Balaban J connectivity index is 0.000000427. The van der Waals surface area contributed by atoms with Gasteiger partial charge < -0.3 is 4.57 Å². The molecule has 0 bridgehead atoms. The molecule has 0 unspecified atom stereocenters. The van der Waals surface area contributed by atoms with Crippen molar-refractivity contribution in [2.24, 2.45) is 0 Å². The first kappa shape index (κ1) is 25.8. The van der Waals surface area contributed by atoms with E-state index in [-0.39, 0.29) is 17.1 Å². The molecule has 0 aromatic heterocycles. The molecule has 0 amide bonds. The molecule has 0 spiro atoms. The van der Waals surface area contributed by atoms with Crippen LogP contribution in [-0.4, -0.2) is 0 Å². The first-order valence-corrected chi connectivity index (χ1v) is 12.9. The van der Waals surface area contributed by atoms with Gasteiger partial charge in [-0.25, -0.2) is 0 Å². The summed E-state index contributed by atoms with van der Waals surface area (Å²) in [5, 5.41) is 1.76. The van der Waals surface area contributed by atoms with E-state index < -0.39 is 7.14 Å². The summed E-state index contributed by atoms with van der Waals surface area (Å²) in [6, 6.07) is 28.1. The van der Waals surface area contributed by atoms with Gasteiger partial charge in [-0.2, -0.15) is 0 Å². The maximum Gasteiger partial charge on any atom is 2.00 e. The molecule has 2 aliphatic carbocycles. The maximum atomic E-state index is 14.7. The first-order valence-electron chi connectivity index (χ1n) is 10.1. The fraction of sp³-hybridized carbons (Fsp3) is 0. The van der Waals surface area contributed by atoms with Crippen LogP contribution in [0.3, 0.4) is 0 Å². The summed E-state index contributed by atoms with van der Waals surface area (Å²) in [4.78, 5) is 0. The van der Waals surface area contributed by atoms with Gasteiger partial charge in [-0.15, -0.1) is 0 Å². The molecule has 2 saturated carbocycles. The third kappa shape index (κ3) is 5.79. The van der Waals surface area contributed by atoms with Crippen LogP contribution in [0.15, 0.2) is 84.9 Å². The Bertz CT molecular complexity index is 997. The molecule has 0 N–H and O–H groups in total. The van der Waals surface area contributed by atoms with Gasteiger partial charge in [0.15, 0.2) is 7.14 Å². The minimum atomic E-state index is -2.98. The zero-order valence-corrected chi connectivity index (χ0v) is 21.4. The van der Waals surface area contributed by atoms with Crippen molar-refractivity contribution in [2.75, 3.05) is 0 Å². The van der Waals surface area contributed by atoms with Crippen LogP contribution in [0.25, 0.3) is 11.1 Å². The minimum absolute atomic E-state index is 0. The molecule has 32 heavy (non-hydrogen) atoms. The van der Waals surface area contributed by atoms with Crippen LogP contribution in [0.5, 0.6) is 0 Å². The van der Waals surface area contributed by atoms with Crippen molar-refractivity contribution in [2.45, 2.75) is 0 Å². The van der Waals surface area contributed by atoms with Gasteiger partial charge in [0, 0.05) is 10.6 Å². The van der Waals surface area contributed by atoms with Gasteiger partial charge in [-0.05, 0) is 62.5 Å². The molecule has 3 aromatic rings. The van der Waals surface area contributed by atoms with Crippen LogP contribution < -0.4 is 10.6 Å². The van der Waals surface area contributed by atoms with E-state index in [9.17, 15) is 4.57 Å². The molecule has 2 aliphatic rings. The fourth-order valence-electron chi connectivity index (χ4n) is 3.62. The number of halogens is 1. The van der Waals surface area contributed by atoms with Crippen LogP contribution >= 0.6 is 29.7 Å². The van der Waals surface area contributed by atoms with Crippen molar-refractivity contribution in [3.63, 3.8) is 0 Å². The van der Waals surface area contributed by atoms with E-state index in [1.807, 2.05) is 118 Å². The molecule has 158 valence electrons. The van der Waals surface area contributed by atoms with Gasteiger partial charge in [-0.3, -0.25) is 0 Å². The van der Waals surface area contributed by atoms with Gasteiger partial charge in [0.25, 0.3) is 0 Å². The Hall–Kier alpha value is -0.861. The summed E-state index contributed by atoms with van der Waals surface area (Å²) in [5.74, 6) is 0.